The first-order valence-electron chi connectivity index (χ1n) is 11.5. The second kappa shape index (κ2) is 10.0. The number of thiazole rings is 1. The lowest BCUT2D eigenvalue weighted by Crippen LogP contribution is -2.29. The van der Waals surface area contributed by atoms with Crippen LogP contribution in [-0.4, -0.2) is 23.1 Å². The third-order valence-electron chi connectivity index (χ3n) is 5.92. The van der Waals surface area contributed by atoms with Crippen LogP contribution in [0.4, 0.5) is 5.13 Å². The van der Waals surface area contributed by atoms with Crippen LogP contribution in [0.25, 0.3) is 0 Å². The molecular formula is C25H38N2O2S2. The number of carbonyl (C=O) groups is 1. The monoisotopic (exact) mass is 462 g/mol. The van der Waals surface area contributed by atoms with E-state index in [9.17, 15) is 4.79 Å². The van der Waals surface area contributed by atoms with Gasteiger partial charge in [-0.25, -0.2) is 4.98 Å². The van der Waals surface area contributed by atoms with Crippen molar-refractivity contribution in [1.82, 2.24) is 4.98 Å². The van der Waals surface area contributed by atoms with Crippen molar-refractivity contribution in [2.75, 3.05) is 11.4 Å². The molecule has 0 amide bonds. The fraction of sp³-hybridized carbons (Fsp3) is 0.680. The van der Waals surface area contributed by atoms with Crippen molar-refractivity contribution in [2.45, 2.75) is 92.2 Å². The van der Waals surface area contributed by atoms with Gasteiger partial charge in [-0.1, -0.05) is 13.8 Å². The molecule has 31 heavy (non-hydrogen) atoms. The van der Waals surface area contributed by atoms with Crippen molar-refractivity contribution in [1.29, 1.82) is 0 Å². The van der Waals surface area contributed by atoms with E-state index in [1.807, 2.05) is 32.1 Å². The number of thiophene rings is 1. The fourth-order valence-electron chi connectivity index (χ4n) is 4.11. The molecule has 1 saturated carbocycles. The number of nitrogens with zero attached hydrogens (tertiary/aromatic N) is 2. The summed E-state index contributed by atoms with van der Waals surface area (Å²) >= 11 is 3.51. The molecule has 2 aromatic rings. The Bertz CT molecular complexity index is 853. The first kappa shape index (κ1) is 24.2. The molecule has 0 N–H and O–H groups in total. The zero-order chi connectivity index (χ0) is 22.6. The first-order chi connectivity index (χ1) is 14.5. The molecule has 1 fully saturated rings. The van der Waals surface area contributed by atoms with Crippen molar-refractivity contribution < 1.29 is 9.53 Å². The molecule has 1 aliphatic rings. The standard InChI is InChI=1S/C25H38N2O2S2/c1-18-7-8-21(31-18)16-27(14-11-22(28)29-24(2,3)4)23-26-20(17-30-23)15-19-9-12-25(5,6)13-10-19/h7-8,17,19H,9-16H2,1-6H3. The average molecular weight is 463 g/mol. The van der Waals surface area contributed by atoms with E-state index in [4.69, 9.17) is 9.72 Å². The van der Waals surface area contributed by atoms with Crippen molar-refractivity contribution in [3.05, 3.63) is 33.0 Å². The molecule has 2 aromatic heterocycles. The lowest BCUT2D eigenvalue weighted by molar-refractivity contribution is -0.154. The molecule has 0 atom stereocenters. The number of ether oxygens (including phenoxy) is 1. The van der Waals surface area contributed by atoms with Gasteiger partial charge in [-0.15, -0.1) is 22.7 Å². The number of carbonyl (C=O) groups excluding carboxylic acids is 1. The van der Waals surface area contributed by atoms with Crippen molar-refractivity contribution in [3.63, 3.8) is 0 Å². The lowest BCUT2D eigenvalue weighted by Gasteiger charge is -2.34. The Kier molecular flexibility index (Phi) is 7.85. The Balaban J connectivity index is 1.65. The molecule has 172 valence electrons. The number of aryl methyl sites for hydroxylation is 1. The highest BCUT2D eigenvalue weighted by molar-refractivity contribution is 7.14. The highest BCUT2D eigenvalue weighted by Crippen LogP contribution is 2.39. The molecule has 4 nitrogen and oxygen atoms in total. The van der Waals surface area contributed by atoms with Gasteiger partial charge in [-0.05, 0) is 83.3 Å². The number of hydrogen-bond donors (Lipinski definition) is 0. The number of esters is 1. The van der Waals surface area contributed by atoms with Gasteiger partial charge in [0.1, 0.15) is 5.60 Å². The number of aromatic nitrogens is 1. The van der Waals surface area contributed by atoms with E-state index in [2.05, 4.69) is 43.2 Å². The van der Waals surface area contributed by atoms with Crippen LogP contribution in [0.15, 0.2) is 17.5 Å². The number of hydrogen-bond acceptors (Lipinski definition) is 6. The maximum absolute atomic E-state index is 12.3. The molecule has 0 unspecified atom stereocenters. The summed E-state index contributed by atoms with van der Waals surface area (Å²) in [5, 5.41) is 3.23. The van der Waals surface area contributed by atoms with Crippen LogP contribution in [-0.2, 0) is 22.5 Å². The summed E-state index contributed by atoms with van der Waals surface area (Å²) < 4.78 is 5.52. The second-order valence-corrected chi connectivity index (χ2v) is 12.9. The molecule has 0 aromatic carbocycles. The molecule has 2 heterocycles. The maximum Gasteiger partial charge on any atom is 0.308 e. The van der Waals surface area contributed by atoms with Gasteiger partial charge in [0.2, 0.25) is 0 Å². The summed E-state index contributed by atoms with van der Waals surface area (Å²) in [6.45, 7) is 14.1. The maximum atomic E-state index is 12.3. The summed E-state index contributed by atoms with van der Waals surface area (Å²) in [5.74, 6) is 0.597. The third kappa shape index (κ3) is 7.90. The van der Waals surface area contributed by atoms with Gasteiger partial charge in [-0.2, -0.15) is 0 Å². The Labute approximate surface area is 196 Å². The van der Waals surface area contributed by atoms with Crippen LogP contribution in [0.1, 0.15) is 82.2 Å². The normalized spacial score (nSPS) is 17.0. The lowest BCUT2D eigenvalue weighted by atomic mass is 9.72. The molecular weight excluding hydrogens is 424 g/mol. The summed E-state index contributed by atoms with van der Waals surface area (Å²) in [6.07, 6.45) is 6.68. The predicted molar refractivity (Wildman–Crippen MR) is 132 cm³/mol. The second-order valence-electron chi connectivity index (χ2n) is 10.7. The van der Waals surface area contributed by atoms with Gasteiger partial charge < -0.3 is 9.64 Å². The van der Waals surface area contributed by atoms with E-state index >= 15 is 0 Å². The predicted octanol–water partition coefficient (Wildman–Crippen LogP) is 7.01. The van der Waals surface area contributed by atoms with Crippen molar-refractivity contribution in [2.24, 2.45) is 11.3 Å². The molecule has 6 heteroatoms. The highest BCUT2D eigenvalue weighted by atomic mass is 32.1. The van der Waals surface area contributed by atoms with Gasteiger partial charge in [0.15, 0.2) is 5.13 Å². The number of rotatable bonds is 8. The third-order valence-corrected chi connectivity index (χ3v) is 7.85. The Hall–Kier alpha value is -1.40. The highest BCUT2D eigenvalue weighted by Gasteiger charge is 2.27. The SMILES string of the molecule is Cc1ccc(CN(CCC(=O)OC(C)(C)C)c2nc(CC3CCC(C)(C)CC3)cs2)s1. The minimum absolute atomic E-state index is 0.151. The summed E-state index contributed by atoms with van der Waals surface area (Å²) in [5.41, 5.74) is 1.26. The van der Waals surface area contributed by atoms with Crippen LogP contribution in [0.2, 0.25) is 0 Å². The van der Waals surface area contributed by atoms with Crippen molar-refractivity contribution >= 4 is 33.8 Å². The molecule has 0 aliphatic heterocycles. The fourth-order valence-corrected chi connectivity index (χ4v) is 5.88. The Morgan fingerprint density at radius 2 is 1.97 bits per heavy atom. The molecule has 0 radical (unpaired) electrons. The van der Waals surface area contributed by atoms with Crippen LogP contribution in [0.3, 0.4) is 0 Å². The van der Waals surface area contributed by atoms with Gasteiger partial charge in [-0.3, -0.25) is 4.79 Å². The van der Waals surface area contributed by atoms with Crippen molar-refractivity contribution in [3.8, 4) is 0 Å². The van der Waals surface area contributed by atoms with Crippen LogP contribution in [0, 0.1) is 18.3 Å². The first-order valence-corrected chi connectivity index (χ1v) is 13.2. The molecule has 0 saturated heterocycles. The molecule has 1 aliphatic carbocycles. The van der Waals surface area contributed by atoms with Crippen LogP contribution < -0.4 is 4.90 Å². The summed E-state index contributed by atoms with van der Waals surface area (Å²) in [7, 11) is 0. The number of anilines is 1. The largest absolute Gasteiger partial charge is 0.460 e. The average Bonchev–Trinajstić information content (AvgIpc) is 3.28. The van der Waals surface area contributed by atoms with Crippen LogP contribution >= 0.6 is 22.7 Å². The van der Waals surface area contributed by atoms with E-state index in [-0.39, 0.29) is 5.97 Å². The van der Waals surface area contributed by atoms with E-state index in [1.54, 1.807) is 11.3 Å². The zero-order valence-electron chi connectivity index (χ0n) is 20.0. The molecule has 0 bridgehead atoms. The minimum Gasteiger partial charge on any atom is -0.460 e. The zero-order valence-corrected chi connectivity index (χ0v) is 21.6. The van der Waals surface area contributed by atoms with E-state index < -0.39 is 5.60 Å². The van der Waals surface area contributed by atoms with Gasteiger partial charge >= 0.3 is 5.97 Å². The Morgan fingerprint density at radius 3 is 2.58 bits per heavy atom. The van der Waals surface area contributed by atoms with E-state index in [0.717, 1.165) is 24.0 Å². The van der Waals surface area contributed by atoms with Gasteiger partial charge in [0.25, 0.3) is 0 Å². The summed E-state index contributed by atoms with van der Waals surface area (Å²) in [4.78, 5) is 22.2. The van der Waals surface area contributed by atoms with Gasteiger partial charge in [0, 0.05) is 21.7 Å². The molecule has 0 spiro atoms. The topological polar surface area (TPSA) is 42.4 Å². The van der Waals surface area contributed by atoms with Crippen LogP contribution in [0.5, 0.6) is 0 Å². The smallest absolute Gasteiger partial charge is 0.308 e. The molecule has 3 rings (SSSR count). The summed E-state index contributed by atoms with van der Waals surface area (Å²) in [6, 6.07) is 4.34. The van der Waals surface area contributed by atoms with Gasteiger partial charge in [0.05, 0.1) is 18.7 Å². The Morgan fingerprint density at radius 1 is 1.26 bits per heavy atom. The quantitative estimate of drug-likeness (QED) is 0.396. The van der Waals surface area contributed by atoms with E-state index in [1.165, 1.54) is 41.1 Å². The van der Waals surface area contributed by atoms with E-state index in [0.29, 0.717) is 18.4 Å². The minimum atomic E-state index is -0.449.